The Morgan fingerprint density at radius 1 is 0.968 bits per heavy atom. The smallest absolute Gasteiger partial charge is 0.274 e. The van der Waals surface area contributed by atoms with E-state index in [4.69, 9.17) is 11.6 Å². The van der Waals surface area contributed by atoms with Crippen LogP contribution in [0.15, 0.2) is 60.8 Å². The third-order valence-corrected chi connectivity index (χ3v) is 5.61. The van der Waals surface area contributed by atoms with E-state index in [2.05, 4.69) is 10.3 Å². The van der Waals surface area contributed by atoms with Gasteiger partial charge in [-0.2, -0.15) is 0 Å². The summed E-state index contributed by atoms with van der Waals surface area (Å²) in [4.78, 5) is 43.3. The van der Waals surface area contributed by atoms with E-state index in [-0.39, 0.29) is 23.0 Å². The maximum absolute atomic E-state index is 13.1. The van der Waals surface area contributed by atoms with E-state index in [1.54, 1.807) is 65.2 Å². The molecule has 152 valence electrons. The summed E-state index contributed by atoms with van der Waals surface area (Å²) in [6.45, 7) is 1.92. The number of anilines is 1. The monoisotopic (exact) mass is 429 g/mol. The first kappa shape index (κ1) is 19.2. The second-order valence-electron chi connectivity index (χ2n) is 7.25. The van der Waals surface area contributed by atoms with Crippen LogP contribution >= 0.6 is 11.6 Å². The van der Waals surface area contributed by atoms with Crippen molar-refractivity contribution in [2.24, 2.45) is 0 Å². The van der Waals surface area contributed by atoms with Gasteiger partial charge in [-0.3, -0.25) is 18.8 Å². The Morgan fingerprint density at radius 2 is 1.65 bits per heavy atom. The first-order valence-corrected chi connectivity index (χ1v) is 10.2. The molecule has 0 fully saturated rings. The van der Waals surface area contributed by atoms with Crippen LogP contribution in [0.2, 0.25) is 5.02 Å². The molecule has 4 aromatic rings. The van der Waals surface area contributed by atoms with E-state index in [1.807, 2.05) is 6.92 Å². The number of nitrogens with zero attached hydrogens (tertiary/aromatic N) is 2. The molecular formula is C24H16ClN3O3. The predicted octanol–water partition coefficient (Wildman–Crippen LogP) is 4.58. The molecule has 5 rings (SSSR count). The fourth-order valence-corrected chi connectivity index (χ4v) is 4.08. The van der Waals surface area contributed by atoms with E-state index < -0.39 is 0 Å². The third kappa shape index (κ3) is 3.04. The van der Waals surface area contributed by atoms with Crippen molar-refractivity contribution in [3.8, 4) is 0 Å². The average molecular weight is 430 g/mol. The van der Waals surface area contributed by atoms with Gasteiger partial charge in [0.2, 0.25) is 0 Å². The van der Waals surface area contributed by atoms with Gasteiger partial charge < -0.3 is 5.32 Å². The number of rotatable bonds is 3. The topological polar surface area (TPSA) is 80.5 Å². The summed E-state index contributed by atoms with van der Waals surface area (Å²) in [5, 5.41) is 3.32. The van der Waals surface area contributed by atoms with Crippen LogP contribution in [0.3, 0.4) is 0 Å². The van der Waals surface area contributed by atoms with Crippen LogP contribution in [0.1, 0.15) is 54.9 Å². The van der Waals surface area contributed by atoms with Gasteiger partial charge in [0, 0.05) is 34.1 Å². The number of carbonyl (C=O) groups is 3. The van der Waals surface area contributed by atoms with Gasteiger partial charge in [-0.05, 0) is 36.8 Å². The van der Waals surface area contributed by atoms with Crippen LogP contribution in [0, 0.1) is 0 Å². The maximum atomic E-state index is 13.1. The number of amides is 1. The highest BCUT2D eigenvalue weighted by atomic mass is 35.5. The third-order valence-electron chi connectivity index (χ3n) is 5.39. The number of benzene rings is 2. The summed E-state index contributed by atoms with van der Waals surface area (Å²) in [6.07, 6.45) is 2.21. The molecule has 2 aromatic heterocycles. The van der Waals surface area contributed by atoms with Gasteiger partial charge >= 0.3 is 0 Å². The number of fused-ring (bicyclic) bond motifs is 3. The number of aromatic nitrogens is 2. The summed E-state index contributed by atoms with van der Waals surface area (Å²) < 4.78 is 1.65. The molecule has 0 aliphatic heterocycles. The molecule has 2 heterocycles. The normalized spacial score (nSPS) is 12.6. The lowest BCUT2D eigenvalue weighted by molar-refractivity contribution is 0.0979. The first-order chi connectivity index (χ1) is 15.0. The lowest BCUT2D eigenvalue weighted by Crippen LogP contribution is -2.22. The zero-order valence-corrected chi connectivity index (χ0v) is 17.2. The van der Waals surface area contributed by atoms with Gasteiger partial charge in [0.05, 0.1) is 10.7 Å². The zero-order chi connectivity index (χ0) is 21.7. The minimum atomic E-state index is -0.374. The van der Waals surface area contributed by atoms with Gasteiger partial charge in [-0.1, -0.05) is 42.8 Å². The van der Waals surface area contributed by atoms with E-state index in [0.717, 1.165) is 0 Å². The molecule has 1 amide bonds. The number of halogens is 1. The molecule has 0 radical (unpaired) electrons. The number of pyridine rings is 1. The minimum Gasteiger partial charge on any atom is -0.321 e. The molecule has 0 saturated carbocycles. The van der Waals surface area contributed by atoms with Gasteiger partial charge in [0.25, 0.3) is 5.91 Å². The Bertz CT molecular complexity index is 1420. The Morgan fingerprint density at radius 3 is 2.35 bits per heavy atom. The predicted molar refractivity (Wildman–Crippen MR) is 117 cm³/mol. The summed E-state index contributed by atoms with van der Waals surface area (Å²) in [6, 6.07) is 15.0. The second kappa shape index (κ2) is 7.18. The number of aryl methyl sites for hydroxylation is 1. The first-order valence-electron chi connectivity index (χ1n) is 9.78. The van der Waals surface area contributed by atoms with Gasteiger partial charge in [-0.25, -0.2) is 4.98 Å². The highest BCUT2D eigenvalue weighted by Gasteiger charge is 2.29. The summed E-state index contributed by atoms with van der Waals surface area (Å²) in [5.41, 5.74) is 3.43. The fourth-order valence-electron chi connectivity index (χ4n) is 3.92. The number of carbonyl (C=O) groups excluding carboxylic acids is 3. The Kier molecular flexibility index (Phi) is 4.45. The molecule has 1 N–H and O–H groups in total. The molecule has 1 aliphatic carbocycles. The van der Waals surface area contributed by atoms with Crippen molar-refractivity contribution in [1.82, 2.24) is 9.38 Å². The van der Waals surface area contributed by atoms with Crippen LogP contribution in [0.5, 0.6) is 0 Å². The van der Waals surface area contributed by atoms with Gasteiger partial charge in [0.15, 0.2) is 11.6 Å². The van der Waals surface area contributed by atoms with Crippen molar-refractivity contribution in [1.29, 1.82) is 0 Å². The Hall–Kier alpha value is -3.77. The highest BCUT2D eigenvalue weighted by Crippen LogP contribution is 2.29. The molecule has 7 heteroatoms. The number of imidazole rings is 1. The molecule has 0 unspecified atom stereocenters. The average Bonchev–Trinajstić information content (AvgIpc) is 3.15. The number of nitrogens with one attached hydrogen (secondary N) is 1. The van der Waals surface area contributed by atoms with Gasteiger partial charge in [0.1, 0.15) is 11.3 Å². The van der Waals surface area contributed by atoms with Crippen LogP contribution in [0.4, 0.5) is 5.69 Å². The number of hydrogen-bond donors (Lipinski definition) is 1. The maximum Gasteiger partial charge on any atom is 0.274 e. The van der Waals surface area contributed by atoms with Crippen LogP contribution in [-0.2, 0) is 6.42 Å². The Balaban J connectivity index is 1.53. The summed E-state index contributed by atoms with van der Waals surface area (Å²) in [5.74, 6) is -0.813. The highest BCUT2D eigenvalue weighted by molar-refractivity contribution is 6.30. The van der Waals surface area contributed by atoms with E-state index in [0.29, 0.717) is 50.9 Å². The van der Waals surface area contributed by atoms with Crippen LogP contribution in [-0.4, -0.2) is 26.9 Å². The Labute approximate surface area is 182 Å². The van der Waals surface area contributed by atoms with Crippen molar-refractivity contribution < 1.29 is 14.4 Å². The molecule has 0 bridgehead atoms. The summed E-state index contributed by atoms with van der Waals surface area (Å²) in [7, 11) is 0. The lowest BCUT2D eigenvalue weighted by atomic mass is 9.84. The van der Waals surface area contributed by atoms with E-state index in [1.165, 1.54) is 0 Å². The minimum absolute atomic E-state index is 0.201. The molecule has 0 saturated heterocycles. The molecule has 6 nitrogen and oxygen atoms in total. The fraction of sp³-hybridized carbons (Fsp3) is 0.0833. The SMILES string of the molecule is CCc1nc2ccc(Cl)cn2c1C(=O)Nc1ccc2c(c1)C(=O)c1ccccc1C2=O. The molecular weight excluding hydrogens is 414 g/mol. The number of hydrogen-bond acceptors (Lipinski definition) is 4. The van der Waals surface area contributed by atoms with Crippen LogP contribution < -0.4 is 5.32 Å². The van der Waals surface area contributed by atoms with E-state index in [9.17, 15) is 14.4 Å². The standard InChI is InChI=1S/C24H16ClN3O3/c1-2-19-21(28-12-13(25)7-10-20(28)27-19)24(31)26-14-8-9-17-18(11-14)23(30)16-6-4-3-5-15(16)22(17)29/h3-12H,2H2,1H3,(H,26,31). The van der Waals surface area contributed by atoms with Crippen molar-refractivity contribution in [2.45, 2.75) is 13.3 Å². The molecule has 0 spiro atoms. The zero-order valence-electron chi connectivity index (χ0n) is 16.5. The number of ketones is 2. The largest absolute Gasteiger partial charge is 0.321 e. The second-order valence-corrected chi connectivity index (χ2v) is 7.69. The molecule has 2 aromatic carbocycles. The van der Waals surface area contributed by atoms with Crippen molar-refractivity contribution in [3.05, 3.63) is 99.5 Å². The molecule has 0 atom stereocenters. The molecule has 1 aliphatic rings. The van der Waals surface area contributed by atoms with E-state index >= 15 is 0 Å². The van der Waals surface area contributed by atoms with Gasteiger partial charge in [-0.15, -0.1) is 0 Å². The quantitative estimate of drug-likeness (QED) is 0.455. The van der Waals surface area contributed by atoms with Crippen LogP contribution in [0.25, 0.3) is 5.65 Å². The van der Waals surface area contributed by atoms with Crippen molar-refractivity contribution in [2.75, 3.05) is 5.32 Å². The lowest BCUT2D eigenvalue weighted by Gasteiger charge is -2.18. The molecule has 31 heavy (non-hydrogen) atoms. The van der Waals surface area contributed by atoms with Crippen molar-refractivity contribution >= 4 is 40.4 Å². The summed E-state index contributed by atoms with van der Waals surface area (Å²) >= 11 is 6.11. The van der Waals surface area contributed by atoms with Crippen molar-refractivity contribution in [3.63, 3.8) is 0 Å².